The van der Waals surface area contributed by atoms with Crippen molar-refractivity contribution in [2.24, 2.45) is 7.05 Å². The fourth-order valence-electron chi connectivity index (χ4n) is 1.37. The highest BCUT2D eigenvalue weighted by molar-refractivity contribution is 5.75. The number of carbonyl (C=O) groups is 1. The fraction of sp³-hybridized carbons (Fsp3) is 0.545. The van der Waals surface area contributed by atoms with Gasteiger partial charge in [0, 0.05) is 25.9 Å². The molecule has 1 amide bonds. The fourth-order valence-corrected chi connectivity index (χ4v) is 1.37. The van der Waals surface area contributed by atoms with Gasteiger partial charge in [-0.3, -0.25) is 18.7 Å². The van der Waals surface area contributed by atoms with Crippen molar-refractivity contribution < 1.29 is 9.90 Å². The topological polar surface area (TPSA) is 93.3 Å². The lowest BCUT2D eigenvalue weighted by molar-refractivity contribution is -0.121. The summed E-state index contributed by atoms with van der Waals surface area (Å²) in [5, 5.41) is 11.6. The van der Waals surface area contributed by atoms with Crippen molar-refractivity contribution in [2.75, 3.05) is 6.54 Å². The van der Waals surface area contributed by atoms with Crippen LogP contribution in [0, 0.1) is 0 Å². The lowest BCUT2D eigenvalue weighted by Crippen LogP contribution is -2.40. The van der Waals surface area contributed by atoms with Gasteiger partial charge in [-0.25, -0.2) is 4.79 Å². The van der Waals surface area contributed by atoms with Gasteiger partial charge in [-0.05, 0) is 13.3 Å². The van der Waals surface area contributed by atoms with Crippen molar-refractivity contribution in [3.05, 3.63) is 33.1 Å². The molecule has 100 valence electrons. The Kier molecular flexibility index (Phi) is 4.85. The summed E-state index contributed by atoms with van der Waals surface area (Å²) in [6, 6.07) is 1.23. The van der Waals surface area contributed by atoms with Gasteiger partial charge in [0.05, 0.1) is 6.10 Å². The molecule has 1 unspecified atom stereocenters. The minimum atomic E-state index is -0.534. The molecule has 7 nitrogen and oxygen atoms in total. The predicted molar refractivity (Wildman–Crippen MR) is 65.3 cm³/mol. The molecule has 0 fully saturated rings. The van der Waals surface area contributed by atoms with E-state index in [1.165, 1.54) is 19.3 Å². The Labute approximate surface area is 104 Å². The third-order valence-corrected chi connectivity index (χ3v) is 2.46. The van der Waals surface area contributed by atoms with Gasteiger partial charge in [0.1, 0.15) is 6.54 Å². The summed E-state index contributed by atoms with van der Waals surface area (Å²) >= 11 is 0. The number of nitrogens with one attached hydrogen (secondary N) is 1. The molecule has 0 saturated heterocycles. The maximum Gasteiger partial charge on any atom is 0.331 e. The Morgan fingerprint density at radius 2 is 2.17 bits per heavy atom. The summed E-state index contributed by atoms with van der Waals surface area (Å²) in [6.07, 6.45) is 1.26. The molecule has 0 radical (unpaired) electrons. The van der Waals surface area contributed by atoms with Gasteiger partial charge in [-0.15, -0.1) is 0 Å². The van der Waals surface area contributed by atoms with E-state index in [4.69, 9.17) is 5.11 Å². The standard InChI is InChI=1S/C11H17N3O4/c1-8(15)3-5-12-9(16)7-14-6-4-10(17)13(2)11(14)18/h4,6,8,15H,3,5,7H2,1-2H3,(H,12,16). The molecule has 0 aliphatic rings. The number of rotatable bonds is 5. The molecule has 0 aliphatic heterocycles. The monoisotopic (exact) mass is 255 g/mol. The lowest BCUT2D eigenvalue weighted by atomic mass is 10.3. The normalized spacial score (nSPS) is 12.2. The third kappa shape index (κ3) is 3.85. The van der Waals surface area contributed by atoms with Crippen molar-refractivity contribution in [3.63, 3.8) is 0 Å². The van der Waals surface area contributed by atoms with E-state index in [9.17, 15) is 14.4 Å². The average molecular weight is 255 g/mol. The van der Waals surface area contributed by atoms with Crippen LogP contribution in [0.15, 0.2) is 21.9 Å². The van der Waals surface area contributed by atoms with Crippen LogP contribution < -0.4 is 16.6 Å². The van der Waals surface area contributed by atoms with Crippen LogP contribution in [0.5, 0.6) is 0 Å². The molecule has 1 aromatic rings. The molecule has 0 saturated carbocycles. The van der Waals surface area contributed by atoms with Gasteiger partial charge >= 0.3 is 5.69 Å². The SMILES string of the molecule is CC(O)CCNC(=O)Cn1ccc(=O)n(C)c1=O. The number of aliphatic hydroxyl groups excluding tert-OH is 1. The summed E-state index contributed by atoms with van der Waals surface area (Å²) in [5.41, 5.74) is -0.945. The van der Waals surface area contributed by atoms with Gasteiger partial charge in [0.2, 0.25) is 5.91 Å². The smallest absolute Gasteiger partial charge is 0.331 e. The molecule has 1 aromatic heterocycles. The van der Waals surface area contributed by atoms with E-state index in [1.807, 2.05) is 0 Å². The Bertz CT molecular complexity index is 530. The molecule has 1 heterocycles. The quantitative estimate of drug-likeness (QED) is 0.665. The second kappa shape index (κ2) is 6.15. The lowest BCUT2D eigenvalue weighted by Gasteiger charge is -2.08. The molecule has 0 spiro atoms. The highest BCUT2D eigenvalue weighted by atomic mass is 16.3. The maximum atomic E-state index is 11.6. The summed E-state index contributed by atoms with van der Waals surface area (Å²) in [6.45, 7) is 1.83. The number of hydrogen-bond acceptors (Lipinski definition) is 4. The van der Waals surface area contributed by atoms with E-state index >= 15 is 0 Å². The molecular weight excluding hydrogens is 238 g/mol. The van der Waals surface area contributed by atoms with E-state index in [0.717, 1.165) is 9.13 Å². The van der Waals surface area contributed by atoms with Crippen LogP contribution in [-0.2, 0) is 18.4 Å². The summed E-state index contributed by atoms with van der Waals surface area (Å²) in [5.74, 6) is -0.337. The summed E-state index contributed by atoms with van der Waals surface area (Å²) in [4.78, 5) is 34.3. The van der Waals surface area contributed by atoms with E-state index in [0.29, 0.717) is 13.0 Å². The molecule has 0 aliphatic carbocycles. The summed E-state index contributed by atoms with van der Waals surface area (Å²) < 4.78 is 2.09. The Morgan fingerprint density at radius 1 is 1.50 bits per heavy atom. The molecule has 18 heavy (non-hydrogen) atoms. The first-order chi connectivity index (χ1) is 8.41. The second-order valence-corrected chi connectivity index (χ2v) is 4.11. The van der Waals surface area contributed by atoms with Crippen LogP contribution in [0.25, 0.3) is 0 Å². The number of nitrogens with zero attached hydrogens (tertiary/aromatic N) is 2. The second-order valence-electron chi connectivity index (χ2n) is 4.11. The van der Waals surface area contributed by atoms with E-state index in [-0.39, 0.29) is 12.5 Å². The number of hydrogen-bond donors (Lipinski definition) is 2. The van der Waals surface area contributed by atoms with Crippen LogP contribution in [-0.4, -0.2) is 32.8 Å². The van der Waals surface area contributed by atoms with Crippen LogP contribution >= 0.6 is 0 Å². The summed E-state index contributed by atoms with van der Waals surface area (Å²) in [7, 11) is 1.35. The van der Waals surface area contributed by atoms with Crippen LogP contribution in [0.2, 0.25) is 0 Å². The van der Waals surface area contributed by atoms with Gasteiger partial charge in [-0.1, -0.05) is 0 Å². The van der Waals surface area contributed by atoms with Gasteiger partial charge < -0.3 is 10.4 Å². The van der Waals surface area contributed by atoms with Crippen molar-refractivity contribution >= 4 is 5.91 Å². The minimum Gasteiger partial charge on any atom is -0.393 e. The van der Waals surface area contributed by atoms with Crippen LogP contribution in [0.1, 0.15) is 13.3 Å². The van der Waals surface area contributed by atoms with E-state index in [1.54, 1.807) is 6.92 Å². The first kappa shape index (κ1) is 14.2. The van der Waals surface area contributed by atoms with Crippen molar-refractivity contribution in [2.45, 2.75) is 26.0 Å². The van der Waals surface area contributed by atoms with E-state index < -0.39 is 17.4 Å². The zero-order valence-corrected chi connectivity index (χ0v) is 10.4. The number of aliphatic hydroxyl groups is 1. The zero-order valence-electron chi connectivity index (χ0n) is 10.4. The van der Waals surface area contributed by atoms with Crippen molar-refractivity contribution in [3.8, 4) is 0 Å². The third-order valence-electron chi connectivity index (χ3n) is 2.46. The molecule has 7 heteroatoms. The maximum absolute atomic E-state index is 11.6. The molecular formula is C11H17N3O4. The number of aromatic nitrogens is 2. The molecule has 1 rings (SSSR count). The molecule has 2 N–H and O–H groups in total. The highest BCUT2D eigenvalue weighted by Gasteiger charge is 2.06. The first-order valence-corrected chi connectivity index (χ1v) is 5.63. The van der Waals surface area contributed by atoms with Gasteiger partial charge in [0.25, 0.3) is 5.56 Å². The van der Waals surface area contributed by atoms with Gasteiger partial charge in [-0.2, -0.15) is 0 Å². The Balaban J connectivity index is 2.63. The molecule has 0 bridgehead atoms. The minimum absolute atomic E-state index is 0.146. The zero-order chi connectivity index (χ0) is 13.7. The van der Waals surface area contributed by atoms with Crippen molar-refractivity contribution in [1.29, 1.82) is 0 Å². The Morgan fingerprint density at radius 3 is 2.78 bits per heavy atom. The first-order valence-electron chi connectivity index (χ1n) is 5.63. The molecule has 1 atom stereocenters. The van der Waals surface area contributed by atoms with Gasteiger partial charge in [0.15, 0.2) is 0 Å². The van der Waals surface area contributed by atoms with Crippen LogP contribution in [0.4, 0.5) is 0 Å². The predicted octanol–water partition coefficient (Wildman–Crippen LogP) is -1.57. The largest absolute Gasteiger partial charge is 0.393 e. The number of amides is 1. The van der Waals surface area contributed by atoms with Crippen molar-refractivity contribution in [1.82, 2.24) is 14.5 Å². The van der Waals surface area contributed by atoms with Crippen LogP contribution in [0.3, 0.4) is 0 Å². The number of carbonyl (C=O) groups excluding carboxylic acids is 1. The van der Waals surface area contributed by atoms with E-state index in [2.05, 4.69) is 5.32 Å². The highest BCUT2D eigenvalue weighted by Crippen LogP contribution is 1.86. The average Bonchev–Trinajstić information content (AvgIpc) is 2.29. The molecule has 0 aromatic carbocycles. The Hall–Kier alpha value is -1.89.